The second-order valence-corrected chi connectivity index (χ2v) is 5.74. The second kappa shape index (κ2) is 6.06. The minimum atomic E-state index is -0.315. The lowest BCUT2D eigenvalue weighted by molar-refractivity contribution is 0.472. The van der Waals surface area contributed by atoms with E-state index in [0.29, 0.717) is 17.4 Å². The van der Waals surface area contributed by atoms with E-state index in [1.54, 1.807) is 12.4 Å². The third-order valence-corrected chi connectivity index (χ3v) is 3.65. The topological polar surface area (TPSA) is 56.7 Å². The molecule has 0 radical (unpaired) electrons. The summed E-state index contributed by atoms with van der Waals surface area (Å²) < 4.78 is 14.9. The molecule has 0 aliphatic heterocycles. The van der Waals surface area contributed by atoms with E-state index in [9.17, 15) is 4.39 Å². The van der Waals surface area contributed by atoms with Gasteiger partial charge in [-0.2, -0.15) is 5.10 Å². The first-order valence-electron chi connectivity index (χ1n) is 6.10. The molecule has 1 aromatic heterocycles. The third kappa shape index (κ3) is 3.70. The van der Waals surface area contributed by atoms with Gasteiger partial charge in [-0.15, -0.1) is 11.8 Å². The van der Waals surface area contributed by atoms with Crippen molar-refractivity contribution in [1.82, 2.24) is 14.8 Å². The predicted octanol–water partition coefficient (Wildman–Crippen LogP) is 2.95. The molecule has 1 heterocycles. The highest BCUT2D eigenvalue weighted by molar-refractivity contribution is 7.98. The van der Waals surface area contributed by atoms with Crippen LogP contribution in [0.3, 0.4) is 0 Å². The van der Waals surface area contributed by atoms with Crippen LogP contribution in [0.4, 0.5) is 10.1 Å². The SMILES string of the molecule is CC(C)Cn1ncnc1CSc1ccc(F)cc1N. The van der Waals surface area contributed by atoms with E-state index in [1.807, 2.05) is 4.68 Å². The number of halogens is 1. The molecule has 2 aromatic rings. The molecule has 0 fully saturated rings. The van der Waals surface area contributed by atoms with Crippen molar-refractivity contribution in [3.63, 3.8) is 0 Å². The summed E-state index contributed by atoms with van der Waals surface area (Å²) in [7, 11) is 0. The number of nitrogens with zero attached hydrogens (tertiary/aromatic N) is 3. The van der Waals surface area contributed by atoms with E-state index in [1.165, 1.54) is 23.9 Å². The molecule has 0 amide bonds. The lowest BCUT2D eigenvalue weighted by atomic mass is 10.2. The maximum atomic E-state index is 13.0. The number of anilines is 1. The fraction of sp³-hybridized carbons (Fsp3) is 0.385. The fourth-order valence-corrected chi connectivity index (χ4v) is 2.59. The first-order chi connectivity index (χ1) is 9.06. The highest BCUT2D eigenvalue weighted by atomic mass is 32.2. The molecule has 2 N–H and O–H groups in total. The molecule has 2 rings (SSSR count). The smallest absolute Gasteiger partial charge is 0.138 e. The van der Waals surface area contributed by atoms with Crippen molar-refractivity contribution < 1.29 is 4.39 Å². The largest absolute Gasteiger partial charge is 0.398 e. The first-order valence-corrected chi connectivity index (χ1v) is 7.09. The van der Waals surface area contributed by atoms with Gasteiger partial charge in [0, 0.05) is 17.1 Å². The molecular formula is C13H17FN4S. The van der Waals surface area contributed by atoms with Gasteiger partial charge in [0.15, 0.2) is 0 Å². The summed E-state index contributed by atoms with van der Waals surface area (Å²) in [4.78, 5) is 5.11. The van der Waals surface area contributed by atoms with Crippen LogP contribution in [-0.2, 0) is 12.3 Å². The molecule has 1 aromatic carbocycles. The van der Waals surface area contributed by atoms with E-state index in [-0.39, 0.29) is 5.82 Å². The van der Waals surface area contributed by atoms with Crippen molar-refractivity contribution >= 4 is 17.4 Å². The normalized spacial score (nSPS) is 11.2. The minimum Gasteiger partial charge on any atom is -0.398 e. The van der Waals surface area contributed by atoms with Gasteiger partial charge >= 0.3 is 0 Å². The van der Waals surface area contributed by atoms with Gasteiger partial charge in [-0.1, -0.05) is 13.8 Å². The van der Waals surface area contributed by atoms with Crippen LogP contribution in [0.2, 0.25) is 0 Å². The van der Waals surface area contributed by atoms with Crippen LogP contribution in [0.5, 0.6) is 0 Å². The van der Waals surface area contributed by atoms with Gasteiger partial charge < -0.3 is 5.73 Å². The molecule has 19 heavy (non-hydrogen) atoms. The van der Waals surface area contributed by atoms with Crippen LogP contribution in [0.25, 0.3) is 0 Å². The van der Waals surface area contributed by atoms with Crippen LogP contribution in [0.15, 0.2) is 29.4 Å². The van der Waals surface area contributed by atoms with E-state index in [4.69, 9.17) is 5.73 Å². The molecule has 0 aliphatic carbocycles. The third-order valence-electron chi connectivity index (χ3n) is 2.56. The van der Waals surface area contributed by atoms with Crippen LogP contribution in [-0.4, -0.2) is 14.8 Å². The summed E-state index contributed by atoms with van der Waals surface area (Å²) in [6.45, 7) is 5.11. The number of hydrogen-bond donors (Lipinski definition) is 1. The Labute approximate surface area is 116 Å². The number of nitrogen functional groups attached to an aromatic ring is 1. The van der Waals surface area contributed by atoms with Crippen LogP contribution in [0.1, 0.15) is 19.7 Å². The molecular weight excluding hydrogens is 263 g/mol. The fourth-order valence-electron chi connectivity index (χ4n) is 1.69. The van der Waals surface area contributed by atoms with Crippen molar-refractivity contribution in [3.05, 3.63) is 36.2 Å². The quantitative estimate of drug-likeness (QED) is 0.676. The van der Waals surface area contributed by atoms with Gasteiger partial charge in [-0.25, -0.2) is 14.1 Å². The molecule has 102 valence electrons. The average Bonchev–Trinajstić information content (AvgIpc) is 2.74. The predicted molar refractivity (Wildman–Crippen MR) is 75.2 cm³/mol. The molecule has 6 heteroatoms. The minimum absolute atomic E-state index is 0.315. The monoisotopic (exact) mass is 280 g/mol. The Morgan fingerprint density at radius 3 is 2.89 bits per heavy atom. The van der Waals surface area contributed by atoms with Crippen molar-refractivity contribution in [1.29, 1.82) is 0 Å². The number of hydrogen-bond acceptors (Lipinski definition) is 4. The van der Waals surface area contributed by atoms with Crippen molar-refractivity contribution in [2.24, 2.45) is 5.92 Å². The van der Waals surface area contributed by atoms with E-state index < -0.39 is 0 Å². The summed E-state index contributed by atoms with van der Waals surface area (Å²) in [5.41, 5.74) is 6.23. The van der Waals surface area contributed by atoms with Gasteiger partial charge in [-0.05, 0) is 24.1 Å². The van der Waals surface area contributed by atoms with Gasteiger partial charge in [0.1, 0.15) is 18.0 Å². The van der Waals surface area contributed by atoms with Crippen molar-refractivity contribution in [3.8, 4) is 0 Å². The number of rotatable bonds is 5. The summed E-state index contributed by atoms with van der Waals surface area (Å²) >= 11 is 1.54. The summed E-state index contributed by atoms with van der Waals surface area (Å²) in [5.74, 6) is 1.77. The second-order valence-electron chi connectivity index (χ2n) is 4.72. The molecule has 0 bridgehead atoms. The Bertz CT molecular complexity index is 553. The van der Waals surface area contributed by atoms with Gasteiger partial charge in [0.25, 0.3) is 0 Å². The maximum Gasteiger partial charge on any atom is 0.138 e. The molecule has 4 nitrogen and oxygen atoms in total. The van der Waals surface area contributed by atoms with E-state index in [2.05, 4.69) is 23.9 Å². The summed E-state index contributed by atoms with van der Waals surface area (Å²) in [6, 6.07) is 4.44. The lowest BCUT2D eigenvalue weighted by Crippen LogP contribution is -2.09. The Morgan fingerprint density at radius 1 is 1.42 bits per heavy atom. The molecule has 0 atom stereocenters. The standard InChI is InChI=1S/C13H17FN4S/c1-9(2)6-18-13(16-8-17-18)7-19-12-4-3-10(14)5-11(12)15/h3-5,8-9H,6-7,15H2,1-2H3. The zero-order valence-corrected chi connectivity index (χ0v) is 11.8. The van der Waals surface area contributed by atoms with Crippen LogP contribution >= 0.6 is 11.8 Å². The molecule has 0 unspecified atom stereocenters. The molecule has 0 spiro atoms. The molecule has 0 aliphatic rings. The number of benzene rings is 1. The maximum absolute atomic E-state index is 13.0. The Hall–Kier alpha value is -1.56. The molecule has 0 saturated carbocycles. The zero-order chi connectivity index (χ0) is 13.8. The Kier molecular flexibility index (Phi) is 4.42. The van der Waals surface area contributed by atoms with Crippen LogP contribution < -0.4 is 5.73 Å². The van der Waals surface area contributed by atoms with Gasteiger partial charge in [0.2, 0.25) is 0 Å². The van der Waals surface area contributed by atoms with Gasteiger partial charge in [0.05, 0.1) is 5.75 Å². The number of aromatic nitrogens is 3. The molecule has 0 saturated heterocycles. The van der Waals surface area contributed by atoms with Crippen molar-refractivity contribution in [2.75, 3.05) is 5.73 Å². The number of nitrogens with two attached hydrogens (primary N) is 1. The summed E-state index contributed by atoms with van der Waals surface area (Å²) in [6.07, 6.45) is 1.56. The Balaban J connectivity index is 2.04. The van der Waals surface area contributed by atoms with Crippen LogP contribution in [0, 0.1) is 11.7 Å². The lowest BCUT2D eigenvalue weighted by Gasteiger charge is -2.09. The highest BCUT2D eigenvalue weighted by Gasteiger charge is 2.08. The Morgan fingerprint density at radius 2 is 2.21 bits per heavy atom. The van der Waals surface area contributed by atoms with Crippen molar-refractivity contribution in [2.45, 2.75) is 31.0 Å². The van der Waals surface area contributed by atoms with Gasteiger partial charge in [-0.3, -0.25) is 0 Å². The zero-order valence-electron chi connectivity index (χ0n) is 11.0. The first kappa shape index (κ1) is 13.9. The average molecular weight is 280 g/mol. The van der Waals surface area contributed by atoms with E-state index in [0.717, 1.165) is 17.3 Å². The number of thioether (sulfide) groups is 1. The highest BCUT2D eigenvalue weighted by Crippen LogP contribution is 2.28. The van der Waals surface area contributed by atoms with E-state index >= 15 is 0 Å². The summed E-state index contributed by atoms with van der Waals surface area (Å²) in [5, 5.41) is 4.21.